The van der Waals surface area contributed by atoms with E-state index in [4.69, 9.17) is 21.7 Å². The first kappa shape index (κ1) is 27.6. The molecular formula is C25H32BrN3O4S. The van der Waals surface area contributed by atoms with Crippen molar-refractivity contribution in [3.8, 4) is 11.5 Å². The number of carbonyl (C=O) groups excluding carboxylic acids is 2. The minimum atomic E-state index is -0.444. The molecule has 9 heteroatoms. The first-order chi connectivity index (χ1) is 16.4. The summed E-state index contributed by atoms with van der Waals surface area (Å²) in [6.07, 6.45) is 6.41. The van der Waals surface area contributed by atoms with Gasteiger partial charge in [-0.3, -0.25) is 25.8 Å². The third-order valence-corrected chi connectivity index (χ3v) is 5.54. The van der Waals surface area contributed by atoms with E-state index in [2.05, 4.69) is 45.9 Å². The topological polar surface area (TPSA) is 88.7 Å². The van der Waals surface area contributed by atoms with Gasteiger partial charge in [0.25, 0.3) is 11.8 Å². The van der Waals surface area contributed by atoms with Crippen molar-refractivity contribution in [2.45, 2.75) is 52.4 Å². The molecule has 0 aliphatic heterocycles. The zero-order valence-electron chi connectivity index (χ0n) is 19.6. The van der Waals surface area contributed by atoms with Crippen molar-refractivity contribution in [2.24, 2.45) is 0 Å². The molecule has 0 heterocycles. The summed E-state index contributed by atoms with van der Waals surface area (Å²) in [5, 5.41) is 2.52. The summed E-state index contributed by atoms with van der Waals surface area (Å²) in [5.74, 6) is 0.348. The number of halogens is 1. The van der Waals surface area contributed by atoms with Gasteiger partial charge in [-0.15, -0.1) is 0 Å². The highest BCUT2D eigenvalue weighted by molar-refractivity contribution is 9.10. The van der Waals surface area contributed by atoms with Gasteiger partial charge in [-0.1, -0.05) is 55.5 Å². The van der Waals surface area contributed by atoms with Crippen LogP contribution in [0.3, 0.4) is 0 Å². The Morgan fingerprint density at radius 2 is 1.56 bits per heavy atom. The predicted molar refractivity (Wildman–Crippen MR) is 141 cm³/mol. The maximum absolute atomic E-state index is 12.7. The van der Waals surface area contributed by atoms with Gasteiger partial charge in [0, 0.05) is 10.0 Å². The molecule has 0 aliphatic rings. The highest BCUT2D eigenvalue weighted by Crippen LogP contribution is 2.23. The van der Waals surface area contributed by atoms with Crippen molar-refractivity contribution in [1.82, 2.24) is 16.2 Å². The van der Waals surface area contributed by atoms with Crippen molar-refractivity contribution >= 4 is 45.1 Å². The van der Waals surface area contributed by atoms with Gasteiger partial charge in [0.15, 0.2) is 5.11 Å². The van der Waals surface area contributed by atoms with E-state index in [0.29, 0.717) is 30.1 Å². The summed E-state index contributed by atoms with van der Waals surface area (Å²) < 4.78 is 12.1. The van der Waals surface area contributed by atoms with Gasteiger partial charge in [-0.05, 0) is 67.5 Å². The lowest BCUT2D eigenvalue weighted by Gasteiger charge is -2.14. The van der Waals surface area contributed by atoms with E-state index >= 15 is 0 Å². The highest BCUT2D eigenvalue weighted by atomic mass is 79.9. The zero-order chi connectivity index (χ0) is 24.8. The van der Waals surface area contributed by atoms with Crippen LogP contribution in [-0.2, 0) is 0 Å². The van der Waals surface area contributed by atoms with Crippen molar-refractivity contribution in [3.05, 3.63) is 58.1 Å². The molecule has 2 amide bonds. The normalized spacial score (nSPS) is 10.3. The van der Waals surface area contributed by atoms with Gasteiger partial charge in [0.05, 0.1) is 18.8 Å². The smallest absolute Gasteiger partial charge is 0.269 e. The predicted octanol–water partition coefficient (Wildman–Crippen LogP) is 5.54. The Balaban J connectivity index is 1.83. The van der Waals surface area contributed by atoms with Crippen LogP contribution in [0.25, 0.3) is 0 Å². The summed E-state index contributed by atoms with van der Waals surface area (Å²) in [7, 11) is 0. The quantitative estimate of drug-likeness (QED) is 0.183. The van der Waals surface area contributed by atoms with Gasteiger partial charge < -0.3 is 9.47 Å². The number of rotatable bonds is 12. The third-order valence-electron chi connectivity index (χ3n) is 4.84. The molecule has 0 atom stereocenters. The van der Waals surface area contributed by atoms with Crippen LogP contribution in [-0.4, -0.2) is 30.1 Å². The fraction of sp³-hybridized carbons (Fsp3) is 0.400. The monoisotopic (exact) mass is 549 g/mol. The van der Waals surface area contributed by atoms with E-state index in [-0.39, 0.29) is 5.11 Å². The van der Waals surface area contributed by atoms with Crippen LogP contribution in [0.2, 0.25) is 0 Å². The van der Waals surface area contributed by atoms with Crippen LogP contribution in [0.5, 0.6) is 11.5 Å². The minimum Gasteiger partial charge on any atom is -0.494 e. The Kier molecular flexibility index (Phi) is 12.4. The van der Waals surface area contributed by atoms with Crippen molar-refractivity contribution < 1.29 is 19.1 Å². The summed E-state index contributed by atoms with van der Waals surface area (Å²) in [5.41, 5.74) is 5.80. The Labute approximate surface area is 215 Å². The van der Waals surface area contributed by atoms with Crippen LogP contribution >= 0.6 is 28.1 Å². The van der Waals surface area contributed by atoms with Crippen molar-refractivity contribution in [3.63, 3.8) is 0 Å². The average molecular weight is 551 g/mol. The van der Waals surface area contributed by atoms with E-state index < -0.39 is 11.8 Å². The molecule has 2 aromatic rings. The Bertz CT molecular complexity index is 954. The van der Waals surface area contributed by atoms with E-state index in [0.717, 1.165) is 35.9 Å². The summed E-state index contributed by atoms with van der Waals surface area (Å²) in [4.78, 5) is 25.1. The number of benzene rings is 2. The fourth-order valence-corrected chi connectivity index (χ4v) is 3.45. The van der Waals surface area contributed by atoms with Crippen LogP contribution in [0.4, 0.5) is 0 Å². The van der Waals surface area contributed by atoms with Crippen molar-refractivity contribution in [2.75, 3.05) is 13.2 Å². The van der Waals surface area contributed by atoms with E-state index in [1.165, 1.54) is 12.8 Å². The lowest BCUT2D eigenvalue weighted by atomic mass is 10.2. The number of hydrogen-bond acceptors (Lipinski definition) is 5. The Hall–Kier alpha value is -2.65. The average Bonchev–Trinajstić information content (AvgIpc) is 2.83. The van der Waals surface area contributed by atoms with Crippen LogP contribution < -0.4 is 25.6 Å². The van der Waals surface area contributed by atoms with E-state index in [9.17, 15) is 9.59 Å². The number of unbranched alkanes of at least 4 members (excludes halogenated alkanes) is 4. The molecule has 34 heavy (non-hydrogen) atoms. The molecule has 0 radical (unpaired) electrons. The second kappa shape index (κ2) is 15.3. The number of carbonyl (C=O) groups is 2. The molecule has 2 aromatic carbocycles. The summed E-state index contributed by atoms with van der Waals surface area (Å²) in [6, 6.07) is 12.0. The standard InChI is InChI=1S/C25H32BrN3O4S/c1-3-5-7-8-16-32-20-12-9-18(10-13-20)23(30)28-29-25(34)27-24(31)21-17-19(26)11-14-22(21)33-15-6-4-2/h9-14,17H,3-8,15-16H2,1-2H3,(H,28,30)(H2,27,29,31,34). The first-order valence-electron chi connectivity index (χ1n) is 11.5. The number of hydrogen-bond donors (Lipinski definition) is 3. The first-order valence-corrected chi connectivity index (χ1v) is 12.7. The van der Waals surface area contributed by atoms with E-state index in [1.807, 2.05) is 0 Å². The largest absolute Gasteiger partial charge is 0.494 e. The maximum atomic E-state index is 12.7. The SMILES string of the molecule is CCCCCCOc1ccc(C(=O)NNC(=S)NC(=O)c2cc(Br)ccc2OCCCC)cc1. The Morgan fingerprint density at radius 3 is 2.26 bits per heavy atom. The second-order valence-corrected chi connectivity index (χ2v) is 8.96. The minimum absolute atomic E-state index is 0.0372. The maximum Gasteiger partial charge on any atom is 0.269 e. The van der Waals surface area contributed by atoms with Gasteiger partial charge in [0.1, 0.15) is 11.5 Å². The summed E-state index contributed by atoms with van der Waals surface area (Å²) >= 11 is 8.52. The van der Waals surface area contributed by atoms with Gasteiger partial charge in [-0.2, -0.15) is 0 Å². The van der Waals surface area contributed by atoms with Crippen LogP contribution in [0.15, 0.2) is 46.9 Å². The molecule has 7 nitrogen and oxygen atoms in total. The molecule has 3 N–H and O–H groups in total. The summed E-state index contributed by atoms with van der Waals surface area (Å²) in [6.45, 7) is 5.40. The third kappa shape index (κ3) is 9.69. The molecular weight excluding hydrogens is 518 g/mol. The van der Waals surface area contributed by atoms with Gasteiger partial charge in [0.2, 0.25) is 0 Å². The molecule has 0 spiro atoms. The molecule has 0 aromatic heterocycles. The molecule has 0 saturated carbocycles. The van der Waals surface area contributed by atoms with Gasteiger partial charge >= 0.3 is 0 Å². The molecule has 0 unspecified atom stereocenters. The number of thiocarbonyl (C=S) groups is 1. The highest BCUT2D eigenvalue weighted by Gasteiger charge is 2.15. The molecule has 0 aliphatic carbocycles. The molecule has 2 rings (SSSR count). The van der Waals surface area contributed by atoms with Crippen LogP contribution in [0, 0.1) is 0 Å². The van der Waals surface area contributed by atoms with Crippen molar-refractivity contribution in [1.29, 1.82) is 0 Å². The molecule has 0 bridgehead atoms. The molecule has 0 fully saturated rings. The van der Waals surface area contributed by atoms with E-state index in [1.54, 1.807) is 42.5 Å². The number of nitrogens with one attached hydrogen (secondary N) is 3. The lowest BCUT2D eigenvalue weighted by Crippen LogP contribution is -2.48. The fourth-order valence-electron chi connectivity index (χ4n) is 2.94. The zero-order valence-corrected chi connectivity index (χ0v) is 22.0. The molecule has 0 saturated heterocycles. The number of amides is 2. The second-order valence-electron chi connectivity index (χ2n) is 7.64. The van der Waals surface area contributed by atoms with Crippen LogP contribution in [0.1, 0.15) is 73.1 Å². The number of hydrazine groups is 1. The molecule has 184 valence electrons. The Morgan fingerprint density at radius 1 is 0.853 bits per heavy atom. The number of ether oxygens (including phenoxy) is 2. The lowest BCUT2D eigenvalue weighted by molar-refractivity contribution is 0.0933. The van der Waals surface area contributed by atoms with Gasteiger partial charge in [-0.25, -0.2) is 0 Å².